The van der Waals surface area contributed by atoms with E-state index in [1.165, 1.54) is 12.1 Å². The third-order valence-electron chi connectivity index (χ3n) is 2.76. The molecule has 0 radical (unpaired) electrons. The first-order valence-corrected chi connectivity index (χ1v) is 6.14. The number of aryl methyl sites for hydroxylation is 1. The normalized spacial score (nSPS) is 10.8. The van der Waals surface area contributed by atoms with Gasteiger partial charge in [0.25, 0.3) is 0 Å². The lowest BCUT2D eigenvalue weighted by molar-refractivity contribution is 0.322. The van der Waals surface area contributed by atoms with E-state index in [0.29, 0.717) is 17.5 Å². The number of benzene rings is 1. The molecular weight excluding hydrogens is 233 g/mol. The molecule has 2 rings (SSSR count). The highest BCUT2D eigenvalue weighted by Gasteiger charge is 2.09. The van der Waals surface area contributed by atoms with Gasteiger partial charge in [-0.1, -0.05) is 13.3 Å². The SMILES string of the molecule is CCCc1cc(=O)c2cc(OCC)c(F)cc2[nH]1. The lowest BCUT2D eigenvalue weighted by Gasteiger charge is -2.07. The smallest absolute Gasteiger partial charge is 0.189 e. The van der Waals surface area contributed by atoms with E-state index < -0.39 is 5.82 Å². The Morgan fingerprint density at radius 3 is 2.72 bits per heavy atom. The lowest BCUT2D eigenvalue weighted by Crippen LogP contribution is -2.06. The number of H-pyrrole nitrogens is 1. The molecular formula is C14H16FNO2. The number of ether oxygens (including phenoxy) is 1. The minimum absolute atomic E-state index is 0.104. The van der Waals surface area contributed by atoms with E-state index in [1.54, 1.807) is 13.0 Å². The number of fused-ring (bicyclic) bond motifs is 1. The van der Waals surface area contributed by atoms with Crippen molar-refractivity contribution in [2.45, 2.75) is 26.7 Å². The zero-order valence-electron chi connectivity index (χ0n) is 10.5. The maximum absolute atomic E-state index is 13.7. The molecule has 0 bridgehead atoms. The van der Waals surface area contributed by atoms with Crippen LogP contribution in [0.3, 0.4) is 0 Å². The summed E-state index contributed by atoms with van der Waals surface area (Å²) in [5.74, 6) is -0.326. The second-order valence-electron chi connectivity index (χ2n) is 4.17. The lowest BCUT2D eigenvalue weighted by atomic mass is 10.1. The molecule has 1 aromatic heterocycles. The summed E-state index contributed by atoms with van der Waals surface area (Å²) < 4.78 is 18.9. The van der Waals surface area contributed by atoms with Gasteiger partial charge in [0.05, 0.1) is 12.1 Å². The monoisotopic (exact) mass is 249 g/mol. The van der Waals surface area contributed by atoms with Gasteiger partial charge in [0, 0.05) is 23.2 Å². The van der Waals surface area contributed by atoms with Crippen molar-refractivity contribution in [3.8, 4) is 5.75 Å². The Labute approximate surface area is 105 Å². The maximum Gasteiger partial charge on any atom is 0.189 e. The van der Waals surface area contributed by atoms with Gasteiger partial charge in [-0.2, -0.15) is 0 Å². The first-order valence-electron chi connectivity index (χ1n) is 6.14. The Balaban J connectivity index is 2.61. The third-order valence-corrected chi connectivity index (χ3v) is 2.76. The van der Waals surface area contributed by atoms with Gasteiger partial charge in [-0.15, -0.1) is 0 Å². The van der Waals surface area contributed by atoms with E-state index >= 15 is 0 Å². The molecule has 3 nitrogen and oxygen atoms in total. The minimum Gasteiger partial charge on any atom is -0.491 e. The van der Waals surface area contributed by atoms with Crippen LogP contribution in [0.25, 0.3) is 10.9 Å². The summed E-state index contributed by atoms with van der Waals surface area (Å²) in [6.07, 6.45) is 1.71. The molecule has 0 atom stereocenters. The third kappa shape index (κ3) is 2.37. The molecule has 0 saturated carbocycles. The van der Waals surface area contributed by atoms with Crippen molar-refractivity contribution in [3.05, 3.63) is 39.9 Å². The van der Waals surface area contributed by atoms with Crippen LogP contribution in [0.2, 0.25) is 0 Å². The molecule has 0 aliphatic rings. The highest BCUT2D eigenvalue weighted by atomic mass is 19.1. The minimum atomic E-state index is -0.450. The molecule has 2 aromatic rings. The zero-order chi connectivity index (χ0) is 13.1. The van der Waals surface area contributed by atoms with Crippen molar-refractivity contribution >= 4 is 10.9 Å². The number of pyridine rings is 1. The highest BCUT2D eigenvalue weighted by Crippen LogP contribution is 2.22. The largest absolute Gasteiger partial charge is 0.491 e. The molecule has 1 N–H and O–H groups in total. The molecule has 4 heteroatoms. The number of aromatic nitrogens is 1. The predicted octanol–water partition coefficient (Wildman–Crippen LogP) is 3.02. The maximum atomic E-state index is 13.7. The van der Waals surface area contributed by atoms with Crippen LogP contribution >= 0.6 is 0 Å². The Morgan fingerprint density at radius 2 is 2.06 bits per heavy atom. The number of halogens is 1. The standard InChI is InChI=1S/C14H16FNO2/c1-3-5-9-6-13(17)10-7-14(18-4-2)11(15)8-12(10)16-9/h6-8H,3-5H2,1-2H3,(H,16,17). The molecule has 1 aromatic carbocycles. The number of hydrogen-bond donors (Lipinski definition) is 1. The van der Waals surface area contributed by atoms with Crippen LogP contribution < -0.4 is 10.2 Å². The predicted molar refractivity (Wildman–Crippen MR) is 69.7 cm³/mol. The number of rotatable bonds is 4. The molecule has 0 unspecified atom stereocenters. The summed E-state index contributed by atoms with van der Waals surface area (Å²) in [4.78, 5) is 15.0. The van der Waals surface area contributed by atoms with Gasteiger partial charge in [-0.3, -0.25) is 4.79 Å². The van der Waals surface area contributed by atoms with E-state index in [-0.39, 0.29) is 11.2 Å². The fourth-order valence-corrected chi connectivity index (χ4v) is 1.98. The molecule has 0 amide bonds. The van der Waals surface area contributed by atoms with Crippen molar-refractivity contribution in [2.75, 3.05) is 6.61 Å². The molecule has 18 heavy (non-hydrogen) atoms. The summed E-state index contributed by atoms with van der Waals surface area (Å²) in [6, 6.07) is 4.35. The van der Waals surface area contributed by atoms with Crippen LogP contribution in [-0.2, 0) is 6.42 Å². The van der Waals surface area contributed by atoms with Gasteiger partial charge in [0.1, 0.15) is 0 Å². The van der Waals surface area contributed by atoms with E-state index in [9.17, 15) is 9.18 Å². The molecule has 96 valence electrons. The van der Waals surface area contributed by atoms with Crippen LogP contribution in [-0.4, -0.2) is 11.6 Å². The van der Waals surface area contributed by atoms with Crippen molar-refractivity contribution in [1.29, 1.82) is 0 Å². The van der Waals surface area contributed by atoms with Crippen LogP contribution in [0.1, 0.15) is 26.0 Å². The molecule has 0 aliphatic carbocycles. The van der Waals surface area contributed by atoms with Gasteiger partial charge in [-0.05, 0) is 19.4 Å². The molecule has 1 heterocycles. The zero-order valence-corrected chi connectivity index (χ0v) is 10.5. The van der Waals surface area contributed by atoms with Crippen molar-refractivity contribution in [3.63, 3.8) is 0 Å². The summed E-state index contributed by atoms with van der Waals surface area (Å²) in [7, 11) is 0. The van der Waals surface area contributed by atoms with Crippen LogP contribution in [0.15, 0.2) is 23.0 Å². The summed E-state index contributed by atoms with van der Waals surface area (Å²) in [5, 5.41) is 0.458. The van der Waals surface area contributed by atoms with Crippen molar-refractivity contribution < 1.29 is 9.13 Å². The number of hydrogen-bond acceptors (Lipinski definition) is 2. The van der Waals surface area contributed by atoms with Crippen molar-refractivity contribution in [2.24, 2.45) is 0 Å². The average Bonchev–Trinajstić information content (AvgIpc) is 2.32. The van der Waals surface area contributed by atoms with Gasteiger partial charge >= 0.3 is 0 Å². The second kappa shape index (κ2) is 5.21. The van der Waals surface area contributed by atoms with Crippen molar-refractivity contribution in [1.82, 2.24) is 4.98 Å². The number of aromatic amines is 1. The van der Waals surface area contributed by atoms with Gasteiger partial charge in [0.15, 0.2) is 17.0 Å². The second-order valence-corrected chi connectivity index (χ2v) is 4.17. The van der Waals surface area contributed by atoms with Crippen LogP contribution in [0.4, 0.5) is 4.39 Å². The number of nitrogens with one attached hydrogen (secondary N) is 1. The molecule has 0 saturated heterocycles. The summed E-state index contributed by atoms with van der Waals surface area (Å²) >= 11 is 0. The Bertz CT molecular complexity index is 619. The quantitative estimate of drug-likeness (QED) is 0.905. The Morgan fingerprint density at radius 1 is 1.28 bits per heavy atom. The van der Waals surface area contributed by atoms with Gasteiger partial charge < -0.3 is 9.72 Å². The average molecular weight is 249 g/mol. The van der Waals surface area contributed by atoms with E-state index in [1.807, 2.05) is 6.92 Å². The fourth-order valence-electron chi connectivity index (χ4n) is 1.98. The highest BCUT2D eigenvalue weighted by molar-refractivity contribution is 5.80. The molecule has 0 spiro atoms. The molecule has 0 fully saturated rings. The summed E-state index contributed by atoms with van der Waals surface area (Å²) in [6.45, 7) is 4.17. The Kier molecular flexibility index (Phi) is 3.65. The van der Waals surface area contributed by atoms with Gasteiger partial charge in [0.2, 0.25) is 0 Å². The van der Waals surface area contributed by atoms with E-state index in [0.717, 1.165) is 18.5 Å². The van der Waals surface area contributed by atoms with Gasteiger partial charge in [-0.25, -0.2) is 4.39 Å². The van der Waals surface area contributed by atoms with Crippen LogP contribution in [0.5, 0.6) is 5.75 Å². The first kappa shape index (κ1) is 12.6. The van der Waals surface area contributed by atoms with Crippen LogP contribution in [0, 0.1) is 5.82 Å². The molecule has 0 aliphatic heterocycles. The fraction of sp³-hybridized carbons (Fsp3) is 0.357. The van der Waals surface area contributed by atoms with E-state index in [4.69, 9.17) is 4.74 Å². The first-order chi connectivity index (χ1) is 8.65. The summed E-state index contributed by atoms with van der Waals surface area (Å²) in [5.41, 5.74) is 1.25. The van der Waals surface area contributed by atoms with E-state index in [2.05, 4.69) is 4.98 Å². The topological polar surface area (TPSA) is 42.1 Å². The Hall–Kier alpha value is -1.84.